The van der Waals surface area contributed by atoms with Crippen LogP contribution in [0.4, 0.5) is 17.2 Å². The highest BCUT2D eigenvalue weighted by Gasteiger charge is 2.28. The average Bonchev–Trinajstić information content (AvgIpc) is 3.53. The zero-order chi connectivity index (χ0) is 23.2. The van der Waals surface area contributed by atoms with E-state index in [4.69, 9.17) is 9.72 Å². The summed E-state index contributed by atoms with van der Waals surface area (Å²) in [5, 5.41) is 3.49. The quantitative estimate of drug-likeness (QED) is 0.410. The Morgan fingerprint density at radius 1 is 0.971 bits per heavy atom. The molecule has 7 rings (SSSR count). The molecular formula is C26H26N8O. The third-order valence-corrected chi connectivity index (χ3v) is 7.04. The SMILES string of the molecule is c1cn2cc(-c3ccc4nc[nH]c4c3)nc(Nc3ccc(N4CCN(C5COC5)CC4)cc3)c2n1. The van der Waals surface area contributed by atoms with Crippen LogP contribution in [-0.2, 0) is 4.74 Å². The third kappa shape index (κ3) is 3.78. The Morgan fingerprint density at radius 3 is 2.63 bits per heavy atom. The maximum atomic E-state index is 5.35. The van der Waals surface area contributed by atoms with Crippen molar-refractivity contribution < 1.29 is 4.74 Å². The number of hydrogen-bond acceptors (Lipinski definition) is 7. The van der Waals surface area contributed by atoms with Gasteiger partial charge in [0.2, 0.25) is 0 Å². The minimum absolute atomic E-state index is 0.618. The summed E-state index contributed by atoms with van der Waals surface area (Å²) in [6, 6.07) is 15.3. The molecule has 0 unspecified atom stereocenters. The number of anilines is 3. The van der Waals surface area contributed by atoms with Gasteiger partial charge in [-0.25, -0.2) is 15.0 Å². The maximum Gasteiger partial charge on any atom is 0.180 e. The molecule has 2 aliphatic rings. The van der Waals surface area contributed by atoms with Crippen LogP contribution in [0.2, 0.25) is 0 Å². The molecule has 0 aliphatic carbocycles. The summed E-state index contributed by atoms with van der Waals surface area (Å²) >= 11 is 0. The fourth-order valence-corrected chi connectivity index (χ4v) is 4.92. The lowest BCUT2D eigenvalue weighted by Gasteiger charge is -2.43. The minimum Gasteiger partial charge on any atom is -0.378 e. The van der Waals surface area contributed by atoms with Gasteiger partial charge >= 0.3 is 0 Å². The van der Waals surface area contributed by atoms with E-state index >= 15 is 0 Å². The lowest BCUT2D eigenvalue weighted by Crippen LogP contribution is -2.56. The van der Waals surface area contributed by atoms with E-state index in [9.17, 15) is 0 Å². The summed E-state index contributed by atoms with van der Waals surface area (Å²) in [4.78, 5) is 21.9. The number of benzene rings is 2. The zero-order valence-electron chi connectivity index (χ0n) is 19.3. The summed E-state index contributed by atoms with van der Waals surface area (Å²) in [7, 11) is 0. The highest BCUT2D eigenvalue weighted by molar-refractivity contribution is 5.82. The van der Waals surface area contributed by atoms with E-state index in [1.54, 1.807) is 12.5 Å². The van der Waals surface area contributed by atoms with Crippen molar-refractivity contribution in [1.82, 2.24) is 29.2 Å². The van der Waals surface area contributed by atoms with E-state index in [0.29, 0.717) is 6.04 Å². The van der Waals surface area contributed by atoms with Crippen LogP contribution in [0.25, 0.3) is 27.9 Å². The number of ether oxygens (including phenoxy) is 1. The van der Waals surface area contributed by atoms with Crippen LogP contribution < -0.4 is 10.2 Å². The van der Waals surface area contributed by atoms with Gasteiger partial charge in [-0.15, -0.1) is 0 Å². The van der Waals surface area contributed by atoms with Gasteiger partial charge < -0.3 is 24.3 Å². The summed E-state index contributed by atoms with van der Waals surface area (Å²) < 4.78 is 7.35. The Labute approximate surface area is 202 Å². The summed E-state index contributed by atoms with van der Waals surface area (Å²) in [5.41, 5.74) is 6.83. The van der Waals surface area contributed by atoms with Crippen molar-refractivity contribution in [2.75, 3.05) is 49.6 Å². The minimum atomic E-state index is 0.618. The van der Waals surface area contributed by atoms with Crippen molar-refractivity contribution in [2.45, 2.75) is 6.04 Å². The number of fused-ring (bicyclic) bond motifs is 2. The Morgan fingerprint density at radius 2 is 1.83 bits per heavy atom. The van der Waals surface area contributed by atoms with E-state index in [0.717, 1.165) is 78.8 Å². The van der Waals surface area contributed by atoms with Crippen LogP contribution in [0.3, 0.4) is 0 Å². The summed E-state index contributed by atoms with van der Waals surface area (Å²) in [6.07, 6.45) is 7.45. The normalized spacial score (nSPS) is 17.2. The molecule has 2 N–H and O–H groups in total. The molecule has 35 heavy (non-hydrogen) atoms. The number of aromatic amines is 1. The molecule has 2 aliphatic heterocycles. The molecule has 176 valence electrons. The fourth-order valence-electron chi connectivity index (χ4n) is 4.92. The standard InChI is InChI=1S/C26H26N8O/c1-6-22-23(29-17-28-22)13-18(1)24-14-34-8-7-27-26(34)25(31-24)30-19-2-4-20(5-3-19)32-9-11-33(12-10-32)21-15-35-16-21/h1-8,13-14,17,21H,9-12,15-16H2,(H,28,29)(H,30,31). The molecule has 3 aromatic heterocycles. The molecule has 0 atom stereocenters. The smallest absolute Gasteiger partial charge is 0.180 e. The van der Waals surface area contributed by atoms with Crippen LogP contribution in [0.15, 0.2) is 67.4 Å². The lowest BCUT2D eigenvalue weighted by molar-refractivity contribution is -0.0660. The van der Waals surface area contributed by atoms with Crippen LogP contribution >= 0.6 is 0 Å². The Hall–Kier alpha value is -3.95. The highest BCUT2D eigenvalue weighted by atomic mass is 16.5. The maximum absolute atomic E-state index is 5.35. The second-order valence-electron chi connectivity index (χ2n) is 9.15. The second-order valence-corrected chi connectivity index (χ2v) is 9.15. The van der Waals surface area contributed by atoms with Gasteiger partial charge in [0, 0.05) is 61.7 Å². The number of hydrogen-bond donors (Lipinski definition) is 2. The molecule has 5 heterocycles. The van der Waals surface area contributed by atoms with E-state index in [1.165, 1.54) is 5.69 Å². The number of piperazine rings is 1. The van der Waals surface area contributed by atoms with Gasteiger partial charge in [-0.3, -0.25) is 4.90 Å². The summed E-state index contributed by atoms with van der Waals surface area (Å²) in [5.74, 6) is 0.723. The molecule has 0 bridgehead atoms. The van der Waals surface area contributed by atoms with Crippen molar-refractivity contribution >= 4 is 33.9 Å². The molecule has 2 saturated heterocycles. The first-order valence-corrected chi connectivity index (χ1v) is 12.0. The molecule has 9 nitrogen and oxygen atoms in total. The molecule has 2 aromatic carbocycles. The summed E-state index contributed by atoms with van der Waals surface area (Å²) in [6.45, 7) is 6.04. The van der Waals surface area contributed by atoms with Gasteiger partial charge in [0.05, 0.1) is 42.3 Å². The van der Waals surface area contributed by atoms with Crippen molar-refractivity contribution in [3.05, 3.63) is 67.4 Å². The molecule has 0 radical (unpaired) electrons. The molecule has 0 spiro atoms. The van der Waals surface area contributed by atoms with Crippen LogP contribution in [-0.4, -0.2) is 74.7 Å². The van der Waals surface area contributed by atoms with Crippen molar-refractivity contribution in [3.63, 3.8) is 0 Å². The van der Waals surface area contributed by atoms with Gasteiger partial charge in [-0.2, -0.15) is 0 Å². The number of nitrogens with zero attached hydrogens (tertiary/aromatic N) is 6. The second kappa shape index (κ2) is 8.37. The van der Waals surface area contributed by atoms with E-state index in [2.05, 4.69) is 60.4 Å². The zero-order valence-corrected chi connectivity index (χ0v) is 19.3. The molecule has 2 fully saturated rings. The van der Waals surface area contributed by atoms with Gasteiger partial charge in [-0.05, 0) is 36.4 Å². The van der Waals surface area contributed by atoms with E-state index in [-0.39, 0.29) is 0 Å². The number of imidazole rings is 2. The third-order valence-electron chi connectivity index (χ3n) is 7.04. The number of H-pyrrole nitrogens is 1. The molecule has 0 amide bonds. The predicted molar refractivity (Wildman–Crippen MR) is 136 cm³/mol. The first kappa shape index (κ1) is 20.4. The first-order valence-electron chi connectivity index (χ1n) is 12.0. The average molecular weight is 467 g/mol. The molecular weight excluding hydrogens is 440 g/mol. The molecule has 9 heteroatoms. The number of nitrogens with one attached hydrogen (secondary N) is 2. The topological polar surface area (TPSA) is 86.6 Å². The van der Waals surface area contributed by atoms with E-state index < -0.39 is 0 Å². The monoisotopic (exact) mass is 466 g/mol. The fraction of sp³-hybridized carbons (Fsp3) is 0.269. The Balaban J connectivity index is 1.12. The predicted octanol–water partition coefficient (Wildman–Crippen LogP) is 3.54. The van der Waals surface area contributed by atoms with Gasteiger partial charge in [0.25, 0.3) is 0 Å². The lowest BCUT2D eigenvalue weighted by atomic mass is 10.1. The number of rotatable bonds is 5. The van der Waals surface area contributed by atoms with Gasteiger partial charge in [-0.1, -0.05) is 6.07 Å². The first-order chi connectivity index (χ1) is 17.3. The van der Waals surface area contributed by atoms with Crippen molar-refractivity contribution in [1.29, 1.82) is 0 Å². The van der Waals surface area contributed by atoms with Crippen molar-refractivity contribution in [2.24, 2.45) is 0 Å². The molecule has 0 saturated carbocycles. The van der Waals surface area contributed by atoms with Gasteiger partial charge in [0.1, 0.15) is 0 Å². The largest absolute Gasteiger partial charge is 0.378 e. The molecule has 5 aromatic rings. The van der Waals surface area contributed by atoms with Crippen LogP contribution in [0.1, 0.15) is 0 Å². The Kier molecular flexibility index (Phi) is 4.88. The van der Waals surface area contributed by atoms with E-state index in [1.807, 2.05) is 28.9 Å². The van der Waals surface area contributed by atoms with Crippen LogP contribution in [0.5, 0.6) is 0 Å². The number of aromatic nitrogens is 5. The Bertz CT molecular complexity index is 1480. The van der Waals surface area contributed by atoms with Crippen molar-refractivity contribution in [3.8, 4) is 11.3 Å². The van der Waals surface area contributed by atoms with Gasteiger partial charge in [0.15, 0.2) is 11.5 Å². The highest BCUT2D eigenvalue weighted by Crippen LogP contribution is 2.28. The van der Waals surface area contributed by atoms with Crippen LogP contribution in [0, 0.1) is 0 Å².